The SMILES string of the molecule is O=C1C(=Cc2c[nH]c3ccccc23)S(=O)(=O)c2cc(C(O)O)ccc21. The molecule has 0 radical (unpaired) electrons. The Morgan fingerprint density at radius 3 is 2.60 bits per heavy atom. The van der Waals surface area contributed by atoms with Crippen LogP contribution in [0, 0.1) is 0 Å². The number of allylic oxidation sites excluding steroid dienone is 1. The van der Waals surface area contributed by atoms with Crippen LogP contribution in [-0.2, 0) is 9.84 Å². The summed E-state index contributed by atoms with van der Waals surface area (Å²) in [5.74, 6) is -0.598. The number of aromatic amines is 1. The first-order valence-electron chi connectivity index (χ1n) is 7.47. The predicted molar refractivity (Wildman–Crippen MR) is 91.4 cm³/mol. The second-order valence-corrected chi connectivity index (χ2v) is 7.65. The zero-order valence-corrected chi connectivity index (χ0v) is 13.6. The van der Waals surface area contributed by atoms with Gasteiger partial charge in [-0.05, 0) is 24.3 Å². The van der Waals surface area contributed by atoms with E-state index in [1.54, 1.807) is 6.20 Å². The molecule has 6 nitrogen and oxygen atoms in total. The average Bonchev–Trinajstić information content (AvgIpc) is 3.08. The van der Waals surface area contributed by atoms with Crippen molar-refractivity contribution in [2.24, 2.45) is 0 Å². The average molecular weight is 355 g/mol. The Morgan fingerprint density at radius 1 is 1.08 bits per heavy atom. The van der Waals surface area contributed by atoms with Gasteiger partial charge in [-0.15, -0.1) is 0 Å². The third-order valence-corrected chi connectivity index (χ3v) is 6.06. The maximum Gasteiger partial charge on any atom is 0.211 e. The maximum atomic E-state index is 12.8. The quantitative estimate of drug-likeness (QED) is 0.482. The highest BCUT2D eigenvalue weighted by molar-refractivity contribution is 7.97. The number of carbonyl (C=O) groups is 1. The Bertz CT molecular complexity index is 1160. The van der Waals surface area contributed by atoms with Gasteiger partial charge in [0.1, 0.15) is 4.91 Å². The molecular formula is C18H13NO5S. The number of fused-ring (bicyclic) bond motifs is 2. The van der Waals surface area contributed by atoms with Crippen molar-refractivity contribution in [3.8, 4) is 0 Å². The van der Waals surface area contributed by atoms with E-state index >= 15 is 0 Å². The molecule has 0 spiro atoms. The molecule has 0 saturated heterocycles. The van der Waals surface area contributed by atoms with Crippen LogP contribution in [-0.4, -0.2) is 29.4 Å². The number of aromatic nitrogens is 1. The first kappa shape index (κ1) is 15.8. The molecule has 7 heteroatoms. The van der Waals surface area contributed by atoms with Crippen molar-refractivity contribution in [1.29, 1.82) is 0 Å². The van der Waals surface area contributed by atoms with Crippen LogP contribution in [0.25, 0.3) is 17.0 Å². The van der Waals surface area contributed by atoms with Crippen molar-refractivity contribution in [1.82, 2.24) is 4.98 Å². The zero-order valence-electron chi connectivity index (χ0n) is 12.8. The summed E-state index contributed by atoms with van der Waals surface area (Å²) in [5, 5.41) is 19.3. The van der Waals surface area contributed by atoms with Gasteiger partial charge in [-0.2, -0.15) is 0 Å². The van der Waals surface area contributed by atoms with Gasteiger partial charge in [0, 0.05) is 33.8 Å². The normalized spacial score (nSPS) is 17.6. The molecule has 0 saturated carbocycles. The van der Waals surface area contributed by atoms with Crippen LogP contribution >= 0.6 is 0 Å². The number of Topliss-reactive ketones (excluding diaryl/α,β-unsaturated/α-hetero) is 1. The number of hydrogen-bond donors (Lipinski definition) is 3. The van der Waals surface area contributed by atoms with Gasteiger partial charge in [-0.25, -0.2) is 8.42 Å². The molecule has 0 bridgehead atoms. The summed E-state index contributed by atoms with van der Waals surface area (Å²) in [7, 11) is -4.02. The number of sulfone groups is 1. The minimum Gasteiger partial charge on any atom is -0.364 e. The fourth-order valence-electron chi connectivity index (χ4n) is 2.98. The lowest BCUT2D eigenvalue weighted by molar-refractivity contribution is -0.0426. The number of benzene rings is 2. The zero-order chi connectivity index (χ0) is 17.8. The Balaban J connectivity index is 1.91. The molecule has 2 heterocycles. The summed E-state index contributed by atoms with van der Waals surface area (Å²) in [4.78, 5) is 15.1. The van der Waals surface area contributed by atoms with Crippen LogP contribution in [0.1, 0.15) is 27.8 Å². The van der Waals surface area contributed by atoms with E-state index in [0.29, 0.717) is 5.56 Å². The van der Waals surface area contributed by atoms with Crippen molar-refractivity contribution >= 4 is 32.6 Å². The van der Waals surface area contributed by atoms with Crippen LogP contribution in [0.15, 0.2) is 58.5 Å². The number of para-hydroxylation sites is 1. The summed E-state index contributed by atoms with van der Waals surface area (Å²) >= 11 is 0. The highest BCUT2D eigenvalue weighted by Crippen LogP contribution is 2.37. The Hall–Kier alpha value is -2.74. The minimum atomic E-state index is -4.02. The Labute approximate surface area is 143 Å². The van der Waals surface area contributed by atoms with Crippen LogP contribution in [0.3, 0.4) is 0 Å². The van der Waals surface area contributed by atoms with E-state index in [1.807, 2.05) is 24.3 Å². The van der Waals surface area contributed by atoms with E-state index in [1.165, 1.54) is 18.2 Å². The van der Waals surface area contributed by atoms with Crippen LogP contribution in [0.2, 0.25) is 0 Å². The van der Waals surface area contributed by atoms with E-state index < -0.39 is 21.9 Å². The van der Waals surface area contributed by atoms with Crippen molar-refractivity contribution < 1.29 is 23.4 Å². The highest BCUT2D eigenvalue weighted by atomic mass is 32.2. The molecule has 25 heavy (non-hydrogen) atoms. The van der Waals surface area contributed by atoms with Crippen molar-refractivity contribution in [2.45, 2.75) is 11.2 Å². The summed E-state index contributed by atoms with van der Waals surface area (Å²) < 4.78 is 25.5. The Morgan fingerprint density at radius 2 is 1.84 bits per heavy atom. The number of carbonyl (C=O) groups excluding carboxylic acids is 1. The first-order chi connectivity index (χ1) is 11.9. The van der Waals surface area contributed by atoms with Crippen molar-refractivity contribution in [3.05, 3.63) is 70.3 Å². The number of H-pyrrole nitrogens is 1. The van der Waals surface area contributed by atoms with E-state index in [-0.39, 0.29) is 20.9 Å². The number of rotatable bonds is 2. The third kappa shape index (κ3) is 2.32. The number of aliphatic hydroxyl groups is 2. The van der Waals surface area contributed by atoms with Gasteiger partial charge in [-0.3, -0.25) is 4.79 Å². The molecule has 4 rings (SSSR count). The summed E-state index contributed by atoms with van der Waals surface area (Å²) in [6, 6.07) is 11.1. The largest absolute Gasteiger partial charge is 0.364 e. The molecule has 2 aromatic carbocycles. The van der Waals surface area contributed by atoms with Gasteiger partial charge in [-0.1, -0.05) is 24.3 Å². The molecule has 0 aliphatic carbocycles. The van der Waals surface area contributed by atoms with Gasteiger partial charge in [0.05, 0.1) is 4.90 Å². The summed E-state index contributed by atoms with van der Waals surface area (Å²) in [6.07, 6.45) is 1.19. The van der Waals surface area contributed by atoms with Crippen LogP contribution < -0.4 is 0 Å². The summed E-state index contributed by atoms with van der Waals surface area (Å²) in [5.41, 5.74) is 1.48. The fraction of sp³-hybridized carbons (Fsp3) is 0.0556. The second-order valence-electron chi connectivity index (χ2n) is 5.76. The van der Waals surface area contributed by atoms with E-state index in [9.17, 15) is 23.4 Å². The van der Waals surface area contributed by atoms with Crippen LogP contribution in [0.4, 0.5) is 0 Å². The lowest BCUT2D eigenvalue weighted by atomic mass is 10.1. The number of aliphatic hydroxyl groups excluding tert-OH is 1. The Kier molecular flexibility index (Phi) is 3.40. The van der Waals surface area contributed by atoms with E-state index in [0.717, 1.165) is 17.0 Å². The summed E-state index contributed by atoms with van der Waals surface area (Å²) in [6.45, 7) is 0. The molecule has 0 unspecified atom stereocenters. The monoisotopic (exact) mass is 355 g/mol. The van der Waals surface area contributed by atoms with E-state index in [2.05, 4.69) is 4.98 Å². The molecule has 0 amide bonds. The molecule has 126 valence electrons. The van der Waals surface area contributed by atoms with Gasteiger partial charge in [0.25, 0.3) is 0 Å². The van der Waals surface area contributed by atoms with E-state index in [4.69, 9.17) is 0 Å². The van der Waals surface area contributed by atoms with Gasteiger partial charge in [0.2, 0.25) is 15.6 Å². The smallest absolute Gasteiger partial charge is 0.211 e. The minimum absolute atomic E-state index is 0.0171. The van der Waals surface area contributed by atoms with Gasteiger partial charge in [0.15, 0.2) is 6.29 Å². The second kappa shape index (κ2) is 5.38. The third-order valence-electron chi connectivity index (χ3n) is 4.26. The molecule has 3 N–H and O–H groups in total. The number of nitrogens with one attached hydrogen (secondary N) is 1. The molecule has 1 aliphatic rings. The van der Waals surface area contributed by atoms with Crippen LogP contribution in [0.5, 0.6) is 0 Å². The molecule has 0 fully saturated rings. The standard InChI is InChI=1S/C18H13NO5S/c20-17-13-6-5-10(18(21)22)7-15(13)25(23,24)16(17)8-11-9-19-14-4-2-1-3-12(11)14/h1-9,18-19,21-22H. The molecular weight excluding hydrogens is 342 g/mol. The molecule has 1 aliphatic heterocycles. The van der Waals surface area contributed by atoms with Gasteiger partial charge < -0.3 is 15.2 Å². The molecule has 3 aromatic rings. The van der Waals surface area contributed by atoms with Crippen molar-refractivity contribution in [2.75, 3.05) is 0 Å². The maximum absolute atomic E-state index is 12.8. The number of hydrogen-bond acceptors (Lipinski definition) is 5. The van der Waals surface area contributed by atoms with Crippen molar-refractivity contribution in [3.63, 3.8) is 0 Å². The van der Waals surface area contributed by atoms with Gasteiger partial charge >= 0.3 is 0 Å². The lowest BCUT2D eigenvalue weighted by Crippen LogP contribution is -2.02. The predicted octanol–water partition coefficient (Wildman–Crippen LogP) is 2.16. The topological polar surface area (TPSA) is 107 Å². The molecule has 1 aromatic heterocycles. The first-order valence-corrected chi connectivity index (χ1v) is 8.95. The number of ketones is 1. The molecule has 0 atom stereocenters. The highest BCUT2D eigenvalue weighted by Gasteiger charge is 2.39. The fourth-order valence-corrected chi connectivity index (χ4v) is 4.59. The lowest BCUT2D eigenvalue weighted by Gasteiger charge is -2.04.